The maximum Gasteiger partial charge on any atom is 0.225 e. The number of hydrogen-bond donors (Lipinski definition) is 0. The molecular formula is C16H16ClN5O. The Morgan fingerprint density at radius 3 is 2.96 bits per heavy atom. The standard InChI is InChI=1S/C16H16ClN5O/c1-21-14-12(9-18-21)19-16(17)20-15(14)22-7-3-4-10-8-11(23-2)5-6-13(10)22/h5-6,8-9H,3-4,7H2,1-2H3. The van der Waals surface area contributed by atoms with Gasteiger partial charge in [0, 0.05) is 19.3 Å². The SMILES string of the molecule is COc1ccc2c(c1)CCCN2c1nc(Cl)nc2cnn(C)c12. The molecule has 0 saturated carbocycles. The van der Waals surface area contributed by atoms with Gasteiger partial charge in [-0.15, -0.1) is 0 Å². The van der Waals surface area contributed by atoms with Gasteiger partial charge in [0.1, 0.15) is 16.8 Å². The van der Waals surface area contributed by atoms with Crippen LogP contribution in [-0.2, 0) is 13.5 Å². The maximum atomic E-state index is 6.12. The molecule has 1 aliphatic heterocycles. The smallest absolute Gasteiger partial charge is 0.225 e. The van der Waals surface area contributed by atoms with E-state index in [1.807, 2.05) is 13.1 Å². The number of anilines is 2. The minimum Gasteiger partial charge on any atom is -0.497 e. The molecule has 0 radical (unpaired) electrons. The van der Waals surface area contributed by atoms with Gasteiger partial charge in [0.2, 0.25) is 5.28 Å². The van der Waals surface area contributed by atoms with Crippen molar-refractivity contribution in [1.29, 1.82) is 0 Å². The minimum atomic E-state index is 0.237. The third-order valence-corrected chi connectivity index (χ3v) is 4.37. The van der Waals surface area contributed by atoms with Crippen molar-refractivity contribution in [2.24, 2.45) is 7.05 Å². The average molecular weight is 330 g/mol. The zero-order chi connectivity index (χ0) is 16.0. The molecule has 3 heterocycles. The topological polar surface area (TPSA) is 56.1 Å². The first-order chi connectivity index (χ1) is 11.2. The summed E-state index contributed by atoms with van der Waals surface area (Å²) in [7, 11) is 3.58. The lowest BCUT2D eigenvalue weighted by molar-refractivity contribution is 0.414. The third kappa shape index (κ3) is 2.30. The summed E-state index contributed by atoms with van der Waals surface area (Å²) in [4.78, 5) is 10.9. The van der Waals surface area contributed by atoms with E-state index in [1.165, 1.54) is 5.56 Å². The Morgan fingerprint density at radius 1 is 1.26 bits per heavy atom. The zero-order valence-corrected chi connectivity index (χ0v) is 13.7. The molecule has 0 bridgehead atoms. The first-order valence-corrected chi connectivity index (χ1v) is 7.85. The summed E-state index contributed by atoms with van der Waals surface area (Å²) >= 11 is 6.12. The van der Waals surface area contributed by atoms with Gasteiger partial charge in [0.15, 0.2) is 5.82 Å². The number of aryl methyl sites for hydroxylation is 2. The molecule has 0 unspecified atom stereocenters. The van der Waals surface area contributed by atoms with E-state index in [4.69, 9.17) is 16.3 Å². The van der Waals surface area contributed by atoms with Gasteiger partial charge in [0.25, 0.3) is 0 Å². The predicted molar refractivity (Wildman–Crippen MR) is 89.6 cm³/mol. The highest BCUT2D eigenvalue weighted by molar-refractivity contribution is 6.28. The summed E-state index contributed by atoms with van der Waals surface area (Å²) in [5.41, 5.74) is 4.02. The normalized spacial score (nSPS) is 14.1. The quantitative estimate of drug-likeness (QED) is 0.676. The Kier molecular flexibility index (Phi) is 3.34. The first-order valence-electron chi connectivity index (χ1n) is 7.47. The molecule has 1 aromatic carbocycles. The largest absolute Gasteiger partial charge is 0.497 e. The summed E-state index contributed by atoms with van der Waals surface area (Å²) in [6.07, 6.45) is 3.78. The highest BCUT2D eigenvalue weighted by Gasteiger charge is 2.24. The predicted octanol–water partition coefficient (Wildman–Crippen LogP) is 3.11. The van der Waals surface area contributed by atoms with Gasteiger partial charge in [-0.25, -0.2) is 4.98 Å². The van der Waals surface area contributed by atoms with E-state index in [0.29, 0.717) is 0 Å². The lowest BCUT2D eigenvalue weighted by Crippen LogP contribution is -2.26. The van der Waals surface area contributed by atoms with Crippen LogP contribution in [0.25, 0.3) is 11.0 Å². The monoisotopic (exact) mass is 329 g/mol. The fourth-order valence-corrected chi connectivity index (χ4v) is 3.31. The van der Waals surface area contributed by atoms with Gasteiger partial charge in [0.05, 0.1) is 13.3 Å². The summed E-state index contributed by atoms with van der Waals surface area (Å²) < 4.78 is 7.13. The van der Waals surface area contributed by atoms with Crippen molar-refractivity contribution in [3.05, 3.63) is 35.2 Å². The first kappa shape index (κ1) is 14.3. The fraction of sp³-hybridized carbons (Fsp3) is 0.312. The Morgan fingerprint density at radius 2 is 2.13 bits per heavy atom. The van der Waals surface area contributed by atoms with E-state index >= 15 is 0 Å². The van der Waals surface area contributed by atoms with E-state index < -0.39 is 0 Å². The lowest BCUT2D eigenvalue weighted by atomic mass is 10.0. The molecule has 3 aromatic rings. The van der Waals surface area contributed by atoms with Crippen LogP contribution in [-0.4, -0.2) is 33.4 Å². The second kappa shape index (κ2) is 5.38. The molecule has 7 heteroatoms. The van der Waals surface area contributed by atoms with Crippen molar-refractivity contribution in [2.45, 2.75) is 12.8 Å². The van der Waals surface area contributed by atoms with Gasteiger partial charge in [-0.3, -0.25) is 4.68 Å². The van der Waals surface area contributed by atoms with Crippen LogP contribution in [0.1, 0.15) is 12.0 Å². The summed E-state index contributed by atoms with van der Waals surface area (Å²) in [6, 6.07) is 6.14. The Balaban J connectivity index is 1.92. The van der Waals surface area contributed by atoms with Gasteiger partial charge in [-0.05, 0) is 48.2 Å². The van der Waals surface area contributed by atoms with Crippen LogP contribution in [0.3, 0.4) is 0 Å². The Hall–Kier alpha value is -2.34. The van der Waals surface area contributed by atoms with Crippen LogP contribution >= 0.6 is 11.6 Å². The van der Waals surface area contributed by atoms with Crippen molar-refractivity contribution in [2.75, 3.05) is 18.6 Å². The molecule has 118 valence electrons. The van der Waals surface area contributed by atoms with Crippen LogP contribution in [0.5, 0.6) is 5.75 Å². The van der Waals surface area contributed by atoms with Crippen molar-refractivity contribution in [3.63, 3.8) is 0 Å². The molecule has 2 aromatic heterocycles. The van der Waals surface area contributed by atoms with Crippen LogP contribution in [0.2, 0.25) is 5.28 Å². The van der Waals surface area contributed by atoms with Crippen molar-refractivity contribution < 1.29 is 4.74 Å². The second-order valence-electron chi connectivity index (χ2n) is 5.57. The van der Waals surface area contributed by atoms with E-state index in [0.717, 1.165) is 47.7 Å². The number of rotatable bonds is 2. The van der Waals surface area contributed by atoms with Crippen molar-refractivity contribution in [1.82, 2.24) is 19.7 Å². The van der Waals surface area contributed by atoms with Crippen molar-refractivity contribution >= 4 is 34.1 Å². The molecule has 0 amide bonds. The molecule has 0 atom stereocenters. The number of fused-ring (bicyclic) bond motifs is 2. The summed E-state index contributed by atoms with van der Waals surface area (Å²) in [5, 5.41) is 4.52. The third-order valence-electron chi connectivity index (χ3n) is 4.20. The van der Waals surface area contributed by atoms with Crippen LogP contribution < -0.4 is 9.64 Å². The van der Waals surface area contributed by atoms with Crippen LogP contribution in [0.15, 0.2) is 24.4 Å². The molecule has 1 aliphatic rings. The fourth-order valence-electron chi connectivity index (χ4n) is 3.14. The summed E-state index contributed by atoms with van der Waals surface area (Å²) in [6.45, 7) is 0.882. The maximum absolute atomic E-state index is 6.12. The second-order valence-corrected chi connectivity index (χ2v) is 5.91. The van der Waals surface area contributed by atoms with E-state index in [-0.39, 0.29) is 5.28 Å². The number of aromatic nitrogens is 4. The number of benzene rings is 1. The molecule has 0 spiro atoms. The lowest BCUT2D eigenvalue weighted by Gasteiger charge is -2.31. The molecule has 0 saturated heterocycles. The van der Waals surface area contributed by atoms with E-state index in [1.54, 1.807) is 18.0 Å². The average Bonchev–Trinajstić information content (AvgIpc) is 2.94. The van der Waals surface area contributed by atoms with E-state index in [2.05, 4.69) is 32.1 Å². The van der Waals surface area contributed by atoms with E-state index in [9.17, 15) is 0 Å². The number of nitrogens with zero attached hydrogens (tertiary/aromatic N) is 5. The Bertz CT molecular complexity index is 892. The van der Waals surface area contributed by atoms with Gasteiger partial charge < -0.3 is 9.64 Å². The molecular weight excluding hydrogens is 314 g/mol. The number of hydrogen-bond acceptors (Lipinski definition) is 5. The number of ether oxygens (including phenoxy) is 1. The van der Waals surface area contributed by atoms with Gasteiger partial charge in [-0.2, -0.15) is 10.1 Å². The minimum absolute atomic E-state index is 0.237. The number of methoxy groups -OCH3 is 1. The number of halogens is 1. The Labute approximate surface area is 138 Å². The highest BCUT2D eigenvalue weighted by atomic mass is 35.5. The molecule has 4 rings (SSSR count). The van der Waals surface area contributed by atoms with Crippen LogP contribution in [0, 0.1) is 0 Å². The molecule has 0 N–H and O–H groups in total. The molecule has 0 aliphatic carbocycles. The molecule has 23 heavy (non-hydrogen) atoms. The zero-order valence-electron chi connectivity index (χ0n) is 13.0. The van der Waals surface area contributed by atoms with Crippen LogP contribution in [0.4, 0.5) is 11.5 Å². The molecule has 0 fully saturated rings. The summed E-state index contributed by atoms with van der Waals surface area (Å²) in [5.74, 6) is 1.67. The van der Waals surface area contributed by atoms with Gasteiger partial charge in [-0.1, -0.05) is 0 Å². The van der Waals surface area contributed by atoms with Gasteiger partial charge >= 0.3 is 0 Å². The highest BCUT2D eigenvalue weighted by Crippen LogP contribution is 2.37. The van der Waals surface area contributed by atoms with Crippen molar-refractivity contribution in [3.8, 4) is 5.75 Å². The molecule has 6 nitrogen and oxygen atoms in total.